The van der Waals surface area contributed by atoms with Gasteiger partial charge in [-0.05, 0) is 18.9 Å². The highest BCUT2D eigenvalue weighted by atomic mass is 35.5. The first-order valence-electron chi connectivity index (χ1n) is 11.8. The molecular formula is C24H24ClF2N3O6. The van der Waals surface area contributed by atoms with Gasteiger partial charge in [0.2, 0.25) is 0 Å². The predicted octanol–water partition coefficient (Wildman–Crippen LogP) is 2.75. The maximum absolute atomic E-state index is 14.6. The molecule has 1 aromatic carbocycles. The van der Waals surface area contributed by atoms with Crippen LogP contribution in [0.3, 0.4) is 0 Å². The second-order valence-electron chi connectivity index (χ2n) is 9.11. The number of ether oxygens (including phenoxy) is 5. The van der Waals surface area contributed by atoms with Crippen molar-refractivity contribution < 1.29 is 37.6 Å². The number of H-pyrrole nitrogens is 1. The van der Waals surface area contributed by atoms with Gasteiger partial charge in [0.05, 0.1) is 35.6 Å². The van der Waals surface area contributed by atoms with E-state index in [1.54, 1.807) is 6.07 Å². The lowest BCUT2D eigenvalue weighted by Crippen LogP contribution is -2.34. The normalized spacial score (nSPS) is 27.3. The standard InChI is InChI=1S/C24H24ClF2N3O6/c25-14-7-18-23(30-24(29-18)36-20-10-35-21-19(31)9-34-22(20)21)28-17(14)2-1-13-15(26)5-12(6-16(13)27)33-8-11-3-4-32-11/h5-7,11,19-22,31H,1-4,8-10H2,(H,28,29,30)/t11?,19-,20-,21-,22-/m1/s1. The van der Waals surface area contributed by atoms with Gasteiger partial charge in [-0.1, -0.05) is 11.6 Å². The third-order valence-corrected chi connectivity index (χ3v) is 7.01. The topological polar surface area (TPSA) is 108 Å². The van der Waals surface area contributed by atoms with Crippen molar-refractivity contribution in [3.63, 3.8) is 0 Å². The Morgan fingerprint density at radius 2 is 1.83 bits per heavy atom. The molecule has 6 rings (SSSR count). The first-order valence-corrected chi connectivity index (χ1v) is 12.2. The summed E-state index contributed by atoms with van der Waals surface area (Å²) < 4.78 is 57.0. The Morgan fingerprint density at radius 1 is 1.06 bits per heavy atom. The smallest absolute Gasteiger partial charge is 0.296 e. The first kappa shape index (κ1) is 23.8. The van der Waals surface area contributed by atoms with Crippen molar-refractivity contribution in [3.8, 4) is 11.8 Å². The average Bonchev–Trinajstić information content (AvgIpc) is 3.49. The molecule has 0 saturated carbocycles. The number of halogens is 3. The number of aromatic amines is 1. The maximum atomic E-state index is 14.6. The van der Waals surface area contributed by atoms with E-state index in [0.29, 0.717) is 28.5 Å². The Morgan fingerprint density at radius 3 is 2.58 bits per heavy atom. The molecule has 2 N–H and O–H groups in total. The van der Waals surface area contributed by atoms with E-state index in [2.05, 4.69) is 15.0 Å². The molecule has 3 aliphatic rings. The van der Waals surface area contributed by atoms with Crippen molar-refractivity contribution in [1.82, 2.24) is 15.0 Å². The SMILES string of the molecule is O[C@@H]1CO[C@H]2[C@@H]1OC[C@H]2Oc1nc2nc(CCc3c(F)cc(OCC4CCO4)cc3F)c(Cl)cc2[nH]1. The molecule has 0 aliphatic carbocycles. The molecule has 1 unspecified atom stereocenters. The van der Waals surface area contributed by atoms with Gasteiger partial charge in [-0.15, -0.1) is 0 Å². The number of hydrogen-bond acceptors (Lipinski definition) is 8. The number of hydrogen-bond donors (Lipinski definition) is 2. The Kier molecular flexibility index (Phi) is 6.42. The van der Waals surface area contributed by atoms with E-state index >= 15 is 0 Å². The number of benzene rings is 1. The quantitative estimate of drug-likeness (QED) is 0.464. The molecule has 0 bridgehead atoms. The number of nitrogens with zero attached hydrogens (tertiary/aromatic N) is 2. The number of imidazole rings is 1. The van der Waals surface area contributed by atoms with Crippen LogP contribution in [0.15, 0.2) is 18.2 Å². The predicted molar refractivity (Wildman–Crippen MR) is 122 cm³/mol. The van der Waals surface area contributed by atoms with E-state index in [0.717, 1.165) is 6.42 Å². The average molecular weight is 524 g/mol. The van der Waals surface area contributed by atoms with E-state index < -0.39 is 29.9 Å². The zero-order valence-electron chi connectivity index (χ0n) is 19.1. The van der Waals surface area contributed by atoms with Crippen molar-refractivity contribution in [2.24, 2.45) is 0 Å². The molecule has 5 atom stereocenters. The van der Waals surface area contributed by atoms with Crippen LogP contribution in [-0.2, 0) is 27.1 Å². The summed E-state index contributed by atoms with van der Waals surface area (Å²) >= 11 is 6.39. The van der Waals surface area contributed by atoms with Crippen molar-refractivity contribution in [2.45, 2.75) is 49.8 Å². The largest absolute Gasteiger partial charge is 0.491 e. The minimum absolute atomic E-state index is 0.0285. The number of fused-ring (bicyclic) bond motifs is 2. The van der Waals surface area contributed by atoms with E-state index in [-0.39, 0.29) is 62.2 Å². The van der Waals surface area contributed by atoms with Gasteiger partial charge in [0, 0.05) is 30.7 Å². The van der Waals surface area contributed by atoms with Gasteiger partial charge in [-0.3, -0.25) is 0 Å². The number of aliphatic hydroxyl groups is 1. The molecule has 3 aromatic rings. The highest BCUT2D eigenvalue weighted by Gasteiger charge is 2.48. The molecule has 192 valence electrons. The molecule has 0 radical (unpaired) electrons. The zero-order chi connectivity index (χ0) is 24.8. The van der Waals surface area contributed by atoms with Gasteiger partial charge in [0.25, 0.3) is 6.01 Å². The second-order valence-corrected chi connectivity index (χ2v) is 9.51. The summed E-state index contributed by atoms with van der Waals surface area (Å²) in [5.74, 6) is -1.26. The first-order chi connectivity index (χ1) is 17.4. The summed E-state index contributed by atoms with van der Waals surface area (Å²) in [4.78, 5) is 11.8. The number of aliphatic hydroxyl groups excluding tert-OH is 1. The number of aryl methyl sites for hydroxylation is 1. The van der Waals surface area contributed by atoms with Crippen LogP contribution in [0.1, 0.15) is 17.7 Å². The van der Waals surface area contributed by atoms with Gasteiger partial charge in [-0.2, -0.15) is 4.98 Å². The van der Waals surface area contributed by atoms with Gasteiger partial charge in [0.1, 0.15) is 42.3 Å². The lowest BCUT2D eigenvalue weighted by atomic mass is 10.1. The highest BCUT2D eigenvalue weighted by molar-refractivity contribution is 6.31. The molecular weight excluding hydrogens is 500 g/mol. The third kappa shape index (κ3) is 4.61. The maximum Gasteiger partial charge on any atom is 0.296 e. The van der Waals surface area contributed by atoms with E-state index in [9.17, 15) is 13.9 Å². The van der Waals surface area contributed by atoms with Crippen LogP contribution in [0.2, 0.25) is 5.02 Å². The van der Waals surface area contributed by atoms with Crippen LogP contribution in [0.25, 0.3) is 11.2 Å². The van der Waals surface area contributed by atoms with Gasteiger partial charge < -0.3 is 33.8 Å². The van der Waals surface area contributed by atoms with Gasteiger partial charge in [-0.25, -0.2) is 13.8 Å². The van der Waals surface area contributed by atoms with Crippen molar-refractivity contribution in [3.05, 3.63) is 46.1 Å². The molecule has 2 aromatic heterocycles. The van der Waals surface area contributed by atoms with Crippen molar-refractivity contribution in [2.75, 3.05) is 26.4 Å². The molecule has 5 heterocycles. The Bertz CT molecular complexity index is 1250. The van der Waals surface area contributed by atoms with Crippen LogP contribution < -0.4 is 9.47 Å². The minimum atomic E-state index is -0.691. The van der Waals surface area contributed by atoms with E-state index in [4.69, 9.17) is 35.3 Å². The third-order valence-electron chi connectivity index (χ3n) is 6.68. The Hall–Kier alpha value is -2.57. The summed E-state index contributed by atoms with van der Waals surface area (Å²) in [6, 6.07) is 4.22. The molecule has 3 saturated heterocycles. The summed E-state index contributed by atoms with van der Waals surface area (Å²) in [6.45, 7) is 1.40. The van der Waals surface area contributed by atoms with Crippen molar-refractivity contribution >= 4 is 22.8 Å². The Balaban J connectivity index is 1.13. The number of rotatable bonds is 8. The lowest BCUT2D eigenvalue weighted by molar-refractivity contribution is -0.0721. The lowest BCUT2D eigenvalue weighted by Gasteiger charge is -2.26. The van der Waals surface area contributed by atoms with Gasteiger partial charge in [0.15, 0.2) is 11.8 Å². The fourth-order valence-corrected chi connectivity index (χ4v) is 4.85. The van der Waals surface area contributed by atoms with Crippen molar-refractivity contribution in [1.29, 1.82) is 0 Å². The molecule has 3 aliphatic heterocycles. The minimum Gasteiger partial charge on any atom is -0.491 e. The second kappa shape index (κ2) is 9.71. The number of aromatic nitrogens is 3. The summed E-state index contributed by atoms with van der Waals surface area (Å²) in [5.41, 5.74) is 1.29. The summed E-state index contributed by atoms with van der Waals surface area (Å²) in [7, 11) is 0. The highest BCUT2D eigenvalue weighted by Crippen LogP contribution is 2.31. The molecule has 36 heavy (non-hydrogen) atoms. The fourth-order valence-electron chi connectivity index (χ4n) is 4.60. The summed E-state index contributed by atoms with van der Waals surface area (Å²) in [5, 5.41) is 10.2. The van der Waals surface area contributed by atoms with Crippen LogP contribution in [0.4, 0.5) is 8.78 Å². The molecule has 12 heteroatoms. The Labute approximate surface area is 209 Å². The molecule has 0 amide bonds. The van der Waals surface area contributed by atoms with Crippen LogP contribution in [0, 0.1) is 11.6 Å². The van der Waals surface area contributed by atoms with Crippen LogP contribution in [-0.4, -0.2) is 77.0 Å². The zero-order valence-corrected chi connectivity index (χ0v) is 19.8. The molecule has 3 fully saturated rings. The van der Waals surface area contributed by atoms with E-state index in [1.807, 2.05) is 0 Å². The van der Waals surface area contributed by atoms with Crippen LogP contribution in [0.5, 0.6) is 11.8 Å². The monoisotopic (exact) mass is 523 g/mol. The number of nitrogens with one attached hydrogen (secondary N) is 1. The van der Waals surface area contributed by atoms with E-state index in [1.165, 1.54) is 12.1 Å². The molecule has 0 spiro atoms. The van der Waals surface area contributed by atoms with Crippen LogP contribution >= 0.6 is 11.6 Å². The molecule has 9 nitrogen and oxygen atoms in total. The van der Waals surface area contributed by atoms with Gasteiger partial charge >= 0.3 is 0 Å². The fraction of sp³-hybridized carbons (Fsp3) is 0.500. The summed E-state index contributed by atoms with van der Waals surface area (Å²) in [6.07, 6.45) is -0.806. The number of pyridine rings is 1.